The lowest BCUT2D eigenvalue weighted by atomic mass is 9.44. The quantitative estimate of drug-likeness (QED) is 0.381. The first kappa shape index (κ1) is 23.8. The van der Waals surface area contributed by atoms with Gasteiger partial charge in [0, 0.05) is 22.7 Å². The molecule has 4 heteroatoms. The van der Waals surface area contributed by atoms with Crippen molar-refractivity contribution in [3.8, 4) is 16.9 Å². The fraction of sp³-hybridized carbons (Fsp3) is 0.571. The van der Waals surface area contributed by atoms with E-state index in [4.69, 9.17) is 9.47 Å². The van der Waals surface area contributed by atoms with Gasteiger partial charge in [-0.25, -0.2) is 4.39 Å². The summed E-state index contributed by atoms with van der Waals surface area (Å²) in [5, 5.41) is 0. The van der Waals surface area contributed by atoms with E-state index in [1.54, 1.807) is 19.2 Å². The van der Waals surface area contributed by atoms with Crippen molar-refractivity contribution in [2.45, 2.75) is 72.1 Å². The molecule has 174 valence electrons. The maximum atomic E-state index is 15.2. The number of methoxy groups -OCH3 is 1. The van der Waals surface area contributed by atoms with Crippen LogP contribution in [0.25, 0.3) is 11.1 Å². The van der Waals surface area contributed by atoms with Gasteiger partial charge in [-0.3, -0.25) is 0 Å². The van der Waals surface area contributed by atoms with E-state index in [1.165, 1.54) is 19.3 Å². The highest BCUT2D eigenvalue weighted by Gasteiger charge is 2.56. The van der Waals surface area contributed by atoms with Crippen LogP contribution >= 0.6 is 15.9 Å². The zero-order valence-electron chi connectivity index (χ0n) is 20.3. The standard InChI is InChI=1S/C28H36BrFO2/c1-25(2)13-26(3)15-27(4,14-25)17-28(5,16-26)22-12-19(30)11-21(24(22)32-18-31-6)20-9-7-8-10-23(20)29/h7-12H,13-18H2,1-6H3. The summed E-state index contributed by atoms with van der Waals surface area (Å²) in [5.74, 6) is 0.525. The van der Waals surface area contributed by atoms with E-state index in [9.17, 15) is 0 Å². The molecule has 0 spiro atoms. The first-order valence-electron chi connectivity index (χ1n) is 11.6. The molecule has 0 amide bonds. The van der Waals surface area contributed by atoms with Gasteiger partial charge in [0.15, 0.2) is 6.79 Å². The molecule has 2 saturated carbocycles. The Morgan fingerprint density at radius 1 is 0.875 bits per heavy atom. The van der Waals surface area contributed by atoms with Crippen molar-refractivity contribution in [1.29, 1.82) is 0 Å². The molecule has 2 aromatic rings. The van der Waals surface area contributed by atoms with Gasteiger partial charge < -0.3 is 9.47 Å². The Balaban J connectivity index is 1.89. The predicted octanol–water partition coefficient (Wildman–Crippen LogP) is 8.51. The zero-order chi connectivity index (χ0) is 23.4. The van der Waals surface area contributed by atoms with Gasteiger partial charge in [-0.2, -0.15) is 0 Å². The van der Waals surface area contributed by atoms with E-state index in [0.717, 1.165) is 39.8 Å². The van der Waals surface area contributed by atoms with E-state index in [-0.39, 0.29) is 28.9 Å². The van der Waals surface area contributed by atoms with Crippen LogP contribution < -0.4 is 4.74 Å². The molecule has 0 saturated heterocycles. The van der Waals surface area contributed by atoms with Crippen LogP contribution in [0, 0.1) is 22.1 Å². The molecule has 2 unspecified atom stereocenters. The topological polar surface area (TPSA) is 18.5 Å². The molecule has 2 aromatic carbocycles. The van der Waals surface area contributed by atoms with Gasteiger partial charge >= 0.3 is 0 Å². The lowest BCUT2D eigenvalue weighted by molar-refractivity contribution is -0.0747. The molecule has 2 aliphatic carbocycles. The normalized spacial score (nSPS) is 31.4. The zero-order valence-corrected chi connectivity index (χ0v) is 21.9. The summed E-state index contributed by atoms with van der Waals surface area (Å²) in [6.45, 7) is 12.1. The second kappa shape index (κ2) is 8.13. The molecule has 0 heterocycles. The highest BCUT2D eigenvalue weighted by molar-refractivity contribution is 9.10. The van der Waals surface area contributed by atoms with Crippen molar-refractivity contribution in [1.82, 2.24) is 0 Å². The monoisotopic (exact) mass is 502 g/mol. The average Bonchev–Trinajstić information content (AvgIpc) is 2.63. The molecular weight excluding hydrogens is 467 g/mol. The third-order valence-corrected chi connectivity index (χ3v) is 8.18. The van der Waals surface area contributed by atoms with Gasteiger partial charge in [0.2, 0.25) is 0 Å². The number of halogens is 2. The summed E-state index contributed by atoms with van der Waals surface area (Å²) in [6.07, 6.45) is 5.69. The van der Waals surface area contributed by atoms with Gasteiger partial charge in [-0.1, -0.05) is 68.7 Å². The minimum Gasteiger partial charge on any atom is -0.467 e. The third kappa shape index (κ3) is 4.50. The Hall–Kier alpha value is -1.39. The second-order valence-corrected chi connectivity index (χ2v) is 12.9. The third-order valence-electron chi connectivity index (χ3n) is 7.49. The molecule has 2 nitrogen and oxygen atoms in total. The summed E-state index contributed by atoms with van der Waals surface area (Å²) < 4.78 is 27.6. The summed E-state index contributed by atoms with van der Waals surface area (Å²) in [4.78, 5) is 0. The number of hydrogen-bond donors (Lipinski definition) is 0. The minimum absolute atomic E-state index is 0.133. The van der Waals surface area contributed by atoms with Gasteiger partial charge in [0.25, 0.3) is 0 Å². The number of hydrogen-bond acceptors (Lipinski definition) is 2. The lowest BCUT2D eigenvalue weighted by Crippen LogP contribution is -2.51. The van der Waals surface area contributed by atoms with Crippen molar-refractivity contribution in [3.05, 3.63) is 52.3 Å². The summed E-state index contributed by atoms with van der Waals surface area (Å²) in [5.41, 5.74) is 3.27. The van der Waals surface area contributed by atoms with Crippen molar-refractivity contribution < 1.29 is 13.9 Å². The van der Waals surface area contributed by atoms with Crippen LogP contribution in [0.5, 0.6) is 5.75 Å². The minimum atomic E-state index is -0.219. The SMILES string of the molecule is COCOc1c(-c2ccccc2Br)cc(F)cc1C1(C)CC2(C)CC(C)(C)CC(C)(C2)C1. The van der Waals surface area contributed by atoms with E-state index in [0.29, 0.717) is 5.41 Å². The highest BCUT2D eigenvalue weighted by atomic mass is 79.9. The molecule has 2 bridgehead atoms. The van der Waals surface area contributed by atoms with E-state index >= 15 is 4.39 Å². The van der Waals surface area contributed by atoms with Crippen molar-refractivity contribution >= 4 is 15.9 Å². The van der Waals surface area contributed by atoms with Crippen LogP contribution in [0.15, 0.2) is 40.9 Å². The van der Waals surface area contributed by atoms with Gasteiger partial charge in [-0.05, 0) is 77.5 Å². The smallest absolute Gasteiger partial charge is 0.188 e. The molecule has 0 aromatic heterocycles. The van der Waals surface area contributed by atoms with Crippen molar-refractivity contribution in [3.63, 3.8) is 0 Å². The molecule has 0 aliphatic heterocycles. The van der Waals surface area contributed by atoms with Crippen molar-refractivity contribution in [2.24, 2.45) is 16.2 Å². The number of rotatable bonds is 5. The molecular formula is C28H36BrFO2. The van der Waals surface area contributed by atoms with Crippen LogP contribution in [-0.4, -0.2) is 13.9 Å². The Morgan fingerprint density at radius 3 is 2.09 bits per heavy atom. The van der Waals surface area contributed by atoms with Crippen LogP contribution in [0.4, 0.5) is 4.39 Å². The summed E-state index contributed by atoms with van der Waals surface area (Å²) in [7, 11) is 1.62. The summed E-state index contributed by atoms with van der Waals surface area (Å²) >= 11 is 3.65. The maximum Gasteiger partial charge on any atom is 0.188 e. The molecule has 2 atom stereocenters. The van der Waals surface area contributed by atoms with Crippen LogP contribution in [-0.2, 0) is 10.2 Å². The Bertz CT molecular complexity index is 986. The molecule has 2 aliphatic rings. The van der Waals surface area contributed by atoms with E-state index in [1.807, 2.05) is 24.3 Å². The van der Waals surface area contributed by atoms with E-state index < -0.39 is 0 Å². The number of ether oxygens (including phenoxy) is 2. The first-order chi connectivity index (χ1) is 14.9. The first-order valence-corrected chi connectivity index (χ1v) is 12.4. The lowest BCUT2D eigenvalue weighted by Gasteiger charge is -2.61. The van der Waals surface area contributed by atoms with E-state index in [2.05, 4.69) is 50.5 Å². The Kier molecular flexibility index (Phi) is 6.03. The average molecular weight is 503 g/mol. The van der Waals surface area contributed by atoms with Crippen LogP contribution in [0.1, 0.15) is 72.3 Å². The number of benzene rings is 2. The van der Waals surface area contributed by atoms with Crippen molar-refractivity contribution in [2.75, 3.05) is 13.9 Å². The Labute approximate surface area is 201 Å². The number of fused-ring (bicyclic) bond motifs is 2. The van der Waals surface area contributed by atoms with Crippen LogP contribution in [0.3, 0.4) is 0 Å². The predicted molar refractivity (Wildman–Crippen MR) is 132 cm³/mol. The van der Waals surface area contributed by atoms with Gasteiger partial charge in [0.1, 0.15) is 11.6 Å². The summed E-state index contributed by atoms with van der Waals surface area (Å²) in [6, 6.07) is 11.2. The molecule has 2 fully saturated rings. The fourth-order valence-corrected chi connectivity index (χ4v) is 8.61. The second-order valence-electron chi connectivity index (χ2n) is 12.1. The molecule has 4 rings (SSSR count). The Morgan fingerprint density at radius 2 is 1.50 bits per heavy atom. The van der Waals surface area contributed by atoms with Gasteiger partial charge in [0.05, 0.1) is 0 Å². The molecule has 0 radical (unpaired) electrons. The maximum absolute atomic E-state index is 15.2. The molecule has 32 heavy (non-hydrogen) atoms. The largest absolute Gasteiger partial charge is 0.467 e. The highest BCUT2D eigenvalue weighted by Crippen LogP contribution is 2.66. The van der Waals surface area contributed by atoms with Gasteiger partial charge in [-0.15, -0.1) is 0 Å². The molecule has 0 N–H and O–H groups in total. The fourth-order valence-electron chi connectivity index (χ4n) is 8.11. The van der Waals surface area contributed by atoms with Crippen LogP contribution in [0.2, 0.25) is 0 Å².